The Kier molecular flexibility index (Phi) is 4.09. The van der Waals surface area contributed by atoms with Crippen molar-refractivity contribution in [1.29, 1.82) is 0 Å². The highest BCUT2D eigenvalue weighted by atomic mass is 16.2. The highest BCUT2D eigenvalue weighted by Gasteiger charge is 2.17. The van der Waals surface area contributed by atoms with E-state index < -0.39 is 0 Å². The lowest BCUT2D eigenvalue weighted by molar-refractivity contribution is 0.248. The summed E-state index contributed by atoms with van der Waals surface area (Å²) in [5, 5.41) is 6.01. The molecule has 1 heterocycles. The maximum atomic E-state index is 12.0. The van der Waals surface area contributed by atoms with Gasteiger partial charge in [0.25, 0.3) is 0 Å². The minimum absolute atomic E-state index is 0.0736. The van der Waals surface area contributed by atoms with E-state index in [2.05, 4.69) is 27.7 Å². The Morgan fingerprint density at radius 2 is 1.85 bits per heavy atom. The lowest BCUT2D eigenvalue weighted by atomic mass is 10.2. The van der Waals surface area contributed by atoms with Crippen LogP contribution in [0.5, 0.6) is 0 Å². The normalized spacial score (nSPS) is 19.3. The summed E-state index contributed by atoms with van der Waals surface area (Å²) < 4.78 is 0. The van der Waals surface area contributed by atoms with Crippen LogP contribution in [0.2, 0.25) is 0 Å². The number of benzene rings is 1. The van der Waals surface area contributed by atoms with Crippen LogP contribution >= 0.6 is 0 Å². The van der Waals surface area contributed by atoms with Gasteiger partial charge in [-0.2, -0.15) is 0 Å². The Bertz CT molecular complexity index is 463. The van der Waals surface area contributed by atoms with E-state index in [1.807, 2.05) is 12.1 Å². The number of carbonyl (C=O) groups excluding carboxylic acids is 1. The summed E-state index contributed by atoms with van der Waals surface area (Å²) in [6.45, 7) is 2.25. The molecule has 1 aromatic carbocycles. The summed E-state index contributed by atoms with van der Waals surface area (Å²) in [6, 6.07) is 8.43. The number of hydrogen-bond donors (Lipinski definition) is 2. The molecule has 0 radical (unpaired) electrons. The number of rotatable bonds is 3. The van der Waals surface area contributed by atoms with E-state index in [1.54, 1.807) is 0 Å². The van der Waals surface area contributed by atoms with Crippen molar-refractivity contribution in [3.05, 3.63) is 24.3 Å². The fourth-order valence-corrected chi connectivity index (χ4v) is 3.18. The Morgan fingerprint density at radius 3 is 2.60 bits per heavy atom. The van der Waals surface area contributed by atoms with Crippen LogP contribution in [0.25, 0.3) is 0 Å². The van der Waals surface area contributed by atoms with Crippen molar-refractivity contribution in [1.82, 2.24) is 5.32 Å². The van der Waals surface area contributed by atoms with Crippen molar-refractivity contribution in [2.45, 2.75) is 44.6 Å². The first-order chi connectivity index (χ1) is 9.81. The van der Waals surface area contributed by atoms with Crippen LogP contribution in [-0.2, 0) is 0 Å². The molecule has 0 spiro atoms. The van der Waals surface area contributed by atoms with Crippen molar-refractivity contribution in [2.75, 3.05) is 23.3 Å². The Balaban J connectivity index is 1.58. The third-order valence-corrected chi connectivity index (χ3v) is 4.27. The van der Waals surface area contributed by atoms with E-state index in [0.717, 1.165) is 31.6 Å². The SMILES string of the molecule is O=C(Nc1cccc(N2CCCC2)c1)NC1CCCC1. The predicted molar refractivity (Wildman–Crippen MR) is 82.3 cm³/mol. The highest BCUT2D eigenvalue weighted by Crippen LogP contribution is 2.23. The number of hydrogen-bond acceptors (Lipinski definition) is 2. The van der Waals surface area contributed by atoms with Gasteiger partial charge in [0.15, 0.2) is 0 Å². The summed E-state index contributed by atoms with van der Waals surface area (Å²) in [4.78, 5) is 14.3. The van der Waals surface area contributed by atoms with E-state index >= 15 is 0 Å². The molecule has 2 aliphatic rings. The van der Waals surface area contributed by atoms with Gasteiger partial charge in [0.05, 0.1) is 0 Å². The molecule has 4 nitrogen and oxygen atoms in total. The third-order valence-electron chi connectivity index (χ3n) is 4.27. The molecule has 1 aliphatic carbocycles. The first kappa shape index (κ1) is 13.3. The maximum absolute atomic E-state index is 12.0. The summed E-state index contributed by atoms with van der Waals surface area (Å²) in [7, 11) is 0. The molecule has 1 saturated carbocycles. The van der Waals surface area contributed by atoms with Crippen LogP contribution in [0.3, 0.4) is 0 Å². The largest absolute Gasteiger partial charge is 0.371 e. The van der Waals surface area contributed by atoms with Crippen molar-refractivity contribution in [3.63, 3.8) is 0 Å². The van der Waals surface area contributed by atoms with Gasteiger partial charge in [-0.3, -0.25) is 0 Å². The number of urea groups is 1. The molecule has 20 heavy (non-hydrogen) atoms. The summed E-state index contributed by atoms with van der Waals surface area (Å²) in [5.74, 6) is 0. The molecule has 1 aliphatic heterocycles. The van der Waals surface area contributed by atoms with Crippen LogP contribution in [-0.4, -0.2) is 25.2 Å². The van der Waals surface area contributed by atoms with Gasteiger partial charge >= 0.3 is 6.03 Å². The topological polar surface area (TPSA) is 44.4 Å². The molecule has 108 valence electrons. The van der Waals surface area contributed by atoms with E-state index in [4.69, 9.17) is 0 Å². The Morgan fingerprint density at radius 1 is 1.10 bits per heavy atom. The first-order valence-corrected chi connectivity index (χ1v) is 7.74. The average molecular weight is 273 g/mol. The number of anilines is 2. The molecule has 0 bridgehead atoms. The molecule has 0 aromatic heterocycles. The van der Waals surface area contributed by atoms with Crippen LogP contribution in [0.4, 0.5) is 16.2 Å². The van der Waals surface area contributed by atoms with E-state index in [-0.39, 0.29) is 6.03 Å². The smallest absolute Gasteiger partial charge is 0.319 e. The molecular weight excluding hydrogens is 250 g/mol. The molecule has 0 unspecified atom stereocenters. The zero-order valence-corrected chi connectivity index (χ0v) is 11.9. The van der Waals surface area contributed by atoms with Gasteiger partial charge in [-0.15, -0.1) is 0 Å². The number of nitrogens with one attached hydrogen (secondary N) is 2. The zero-order valence-electron chi connectivity index (χ0n) is 11.9. The molecule has 1 saturated heterocycles. The minimum Gasteiger partial charge on any atom is -0.371 e. The quantitative estimate of drug-likeness (QED) is 0.887. The molecule has 0 atom stereocenters. The Labute approximate surface area is 120 Å². The Hall–Kier alpha value is -1.71. The van der Waals surface area contributed by atoms with E-state index in [9.17, 15) is 4.79 Å². The molecule has 1 aromatic rings. The molecular formula is C16H23N3O. The molecule has 2 amide bonds. The number of amides is 2. The molecule has 4 heteroatoms. The summed E-state index contributed by atoms with van der Waals surface area (Å²) in [6.07, 6.45) is 7.22. The number of carbonyl (C=O) groups is 1. The van der Waals surface area contributed by atoms with Gasteiger partial charge in [-0.1, -0.05) is 18.9 Å². The van der Waals surface area contributed by atoms with Crippen molar-refractivity contribution >= 4 is 17.4 Å². The molecule has 3 rings (SSSR count). The van der Waals surface area contributed by atoms with E-state index in [1.165, 1.54) is 31.4 Å². The monoisotopic (exact) mass is 273 g/mol. The number of nitrogens with zero attached hydrogens (tertiary/aromatic N) is 1. The van der Waals surface area contributed by atoms with Crippen LogP contribution in [0.1, 0.15) is 38.5 Å². The van der Waals surface area contributed by atoms with Crippen LogP contribution in [0, 0.1) is 0 Å². The lowest BCUT2D eigenvalue weighted by Gasteiger charge is -2.19. The second-order valence-corrected chi connectivity index (χ2v) is 5.82. The van der Waals surface area contributed by atoms with Gasteiger partial charge in [0.2, 0.25) is 0 Å². The fraction of sp³-hybridized carbons (Fsp3) is 0.562. The highest BCUT2D eigenvalue weighted by molar-refractivity contribution is 5.90. The van der Waals surface area contributed by atoms with Crippen molar-refractivity contribution in [2.24, 2.45) is 0 Å². The standard InChI is InChI=1S/C16H23N3O/c20-16(17-13-6-1-2-7-13)18-14-8-5-9-15(12-14)19-10-3-4-11-19/h5,8-9,12-13H,1-4,6-7,10-11H2,(H2,17,18,20). The maximum Gasteiger partial charge on any atom is 0.319 e. The van der Waals surface area contributed by atoms with Crippen molar-refractivity contribution < 1.29 is 4.79 Å². The van der Waals surface area contributed by atoms with Crippen LogP contribution < -0.4 is 15.5 Å². The van der Waals surface area contributed by atoms with Crippen molar-refractivity contribution in [3.8, 4) is 0 Å². The minimum atomic E-state index is -0.0736. The first-order valence-electron chi connectivity index (χ1n) is 7.74. The fourth-order valence-electron chi connectivity index (χ4n) is 3.18. The lowest BCUT2D eigenvalue weighted by Crippen LogP contribution is -2.36. The molecule has 2 N–H and O–H groups in total. The second kappa shape index (κ2) is 6.16. The van der Waals surface area contributed by atoms with Gasteiger partial charge in [0.1, 0.15) is 0 Å². The van der Waals surface area contributed by atoms with Gasteiger partial charge < -0.3 is 15.5 Å². The van der Waals surface area contributed by atoms with Gasteiger partial charge in [-0.25, -0.2) is 4.79 Å². The summed E-state index contributed by atoms with van der Waals surface area (Å²) in [5.41, 5.74) is 2.09. The van der Waals surface area contributed by atoms with E-state index in [0.29, 0.717) is 6.04 Å². The van der Waals surface area contributed by atoms with Gasteiger partial charge in [0, 0.05) is 30.5 Å². The summed E-state index contributed by atoms with van der Waals surface area (Å²) >= 11 is 0. The second-order valence-electron chi connectivity index (χ2n) is 5.82. The third kappa shape index (κ3) is 3.24. The predicted octanol–water partition coefficient (Wildman–Crippen LogP) is 3.35. The average Bonchev–Trinajstić information content (AvgIpc) is 3.11. The molecule has 2 fully saturated rings. The van der Waals surface area contributed by atoms with Crippen LogP contribution in [0.15, 0.2) is 24.3 Å². The van der Waals surface area contributed by atoms with Gasteiger partial charge in [-0.05, 0) is 43.9 Å². The zero-order chi connectivity index (χ0) is 13.8.